The molecule has 1 aliphatic rings. The molecule has 0 bridgehead atoms. The Bertz CT molecular complexity index is 598. The Balaban J connectivity index is 1.69. The van der Waals surface area contributed by atoms with Crippen LogP contribution in [0.2, 0.25) is 0 Å². The van der Waals surface area contributed by atoms with Crippen LogP contribution < -0.4 is 5.32 Å². The largest absolute Gasteiger partial charge is 0.472 e. The molecule has 0 radical (unpaired) electrons. The first kappa shape index (κ1) is 18.8. The van der Waals surface area contributed by atoms with Crippen LogP contribution in [0.4, 0.5) is 4.79 Å². The molecule has 0 aromatic carbocycles. The Morgan fingerprint density at radius 2 is 1.80 bits per heavy atom. The van der Waals surface area contributed by atoms with Crippen LogP contribution in [0.25, 0.3) is 0 Å². The van der Waals surface area contributed by atoms with Gasteiger partial charge in [-0.2, -0.15) is 0 Å². The molecule has 1 saturated heterocycles. The van der Waals surface area contributed by atoms with Crippen LogP contribution >= 0.6 is 0 Å². The molecular formula is C17H25N3O5. The smallest absolute Gasteiger partial charge is 0.410 e. The Morgan fingerprint density at radius 3 is 2.36 bits per heavy atom. The standard InChI is InChI=1S/C17H25N3O5/c1-17(2,3)25-16(23)20-9-7-19(8-10-20)14(21)4-6-18-15(22)13-5-11-24-12-13/h5,11-12H,4,6-10H2,1-3H3,(H,18,22). The third kappa shape index (κ3) is 5.81. The Kier molecular flexibility index (Phi) is 6.06. The van der Waals surface area contributed by atoms with Crippen molar-refractivity contribution < 1.29 is 23.5 Å². The minimum atomic E-state index is -0.531. The van der Waals surface area contributed by atoms with Crippen LogP contribution in [0.5, 0.6) is 0 Å². The SMILES string of the molecule is CC(C)(C)OC(=O)N1CCN(C(=O)CCNC(=O)c2ccoc2)CC1. The molecule has 2 heterocycles. The zero-order chi connectivity index (χ0) is 18.4. The van der Waals surface area contributed by atoms with Crippen molar-refractivity contribution >= 4 is 17.9 Å². The van der Waals surface area contributed by atoms with Crippen LogP contribution in [0.1, 0.15) is 37.6 Å². The maximum Gasteiger partial charge on any atom is 0.410 e. The molecule has 1 fully saturated rings. The number of nitrogens with zero attached hydrogens (tertiary/aromatic N) is 2. The summed E-state index contributed by atoms with van der Waals surface area (Å²) in [4.78, 5) is 39.2. The van der Waals surface area contributed by atoms with Crippen LogP contribution in [0, 0.1) is 0 Å². The van der Waals surface area contributed by atoms with Crippen LogP contribution in [-0.2, 0) is 9.53 Å². The first-order chi connectivity index (χ1) is 11.8. The van der Waals surface area contributed by atoms with E-state index >= 15 is 0 Å². The molecule has 0 spiro atoms. The average Bonchev–Trinajstić information content (AvgIpc) is 3.07. The average molecular weight is 351 g/mol. The lowest BCUT2D eigenvalue weighted by Gasteiger charge is -2.35. The highest BCUT2D eigenvalue weighted by Crippen LogP contribution is 2.12. The van der Waals surface area contributed by atoms with Gasteiger partial charge in [0.2, 0.25) is 5.91 Å². The number of ether oxygens (including phenoxy) is 1. The number of nitrogens with one attached hydrogen (secondary N) is 1. The van der Waals surface area contributed by atoms with E-state index in [1.807, 2.05) is 20.8 Å². The number of piperazine rings is 1. The molecule has 2 rings (SSSR count). The zero-order valence-corrected chi connectivity index (χ0v) is 14.9. The molecule has 1 aliphatic heterocycles. The van der Waals surface area contributed by atoms with E-state index in [1.165, 1.54) is 12.5 Å². The number of carbonyl (C=O) groups excluding carboxylic acids is 3. The zero-order valence-electron chi connectivity index (χ0n) is 14.9. The number of hydrogen-bond acceptors (Lipinski definition) is 5. The number of hydrogen-bond donors (Lipinski definition) is 1. The van der Waals surface area contributed by atoms with Gasteiger partial charge in [-0.05, 0) is 26.8 Å². The van der Waals surface area contributed by atoms with Crippen LogP contribution in [-0.4, -0.2) is 66.0 Å². The van der Waals surface area contributed by atoms with Gasteiger partial charge in [-0.3, -0.25) is 9.59 Å². The van der Waals surface area contributed by atoms with Crippen molar-refractivity contribution in [3.05, 3.63) is 24.2 Å². The maximum atomic E-state index is 12.2. The fourth-order valence-electron chi connectivity index (χ4n) is 2.40. The topological polar surface area (TPSA) is 92.1 Å². The first-order valence-corrected chi connectivity index (χ1v) is 8.32. The molecule has 1 N–H and O–H groups in total. The lowest BCUT2D eigenvalue weighted by Crippen LogP contribution is -2.52. The second-order valence-electron chi connectivity index (χ2n) is 6.87. The summed E-state index contributed by atoms with van der Waals surface area (Å²) in [5.41, 5.74) is -0.101. The lowest BCUT2D eigenvalue weighted by atomic mass is 10.2. The van der Waals surface area contributed by atoms with Crippen LogP contribution in [0.15, 0.2) is 23.0 Å². The lowest BCUT2D eigenvalue weighted by molar-refractivity contribution is -0.132. The quantitative estimate of drug-likeness (QED) is 0.887. The molecule has 1 aromatic heterocycles. The summed E-state index contributed by atoms with van der Waals surface area (Å²) in [7, 11) is 0. The summed E-state index contributed by atoms with van der Waals surface area (Å²) in [6, 6.07) is 1.56. The van der Waals surface area contributed by atoms with E-state index in [4.69, 9.17) is 9.15 Å². The third-order valence-corrected chi connectivity index (χ3v) is 3.69. The highest BCUT2D eigenvalue weighted by Gasteiger charge is 2.27. The van der Waals surface area contributed by atoms with Gasteiger partial charge in [-0.1, -0.05) is 0 Å². The van der Waals surface area contributed by atoms with E-state index in [9.17, 15) is 14.4 Å². The van der Waals surface area contributed by atoms with Crippen molar-refractivity contribution in [1.29, 1.82) is 0 Å². The first-order valence-electron chi connectivity index (χ1n) is 8.32. The van der Waals surface area contributed by atoms with Crippen molar-refractivity contribution in [2.24, 2.45) is 0 Å². The number of rotatable bonds is 4. The Morgan fingerprint density at radius 1 is 1.16 bits per heavy atom. The molecule has 8 nitrogen and oxygen atoms in total. The fourth-order valence-corrected chi connectivity index (χ4v) is 2.40. The van der Waals surface area contributed by atoms with Crippen LogP contribution in [0.3, 0.4) is 0 Å². The Labute approximate surface area is 147 Å². The molecule has 25 heavy (non-hydrogen) atoms. The maximum absolute atomic E-state index is 12.2. The van der Waals surface area contributed by atoms with E-state index < -0.39 is 5.60 Å². The predicted octanol–water partition coefficient (Wildman–Crippen LogP) is 1.48. The molecule has 0 atom stereocenters. The van der Waals surface area contributed by atoms with E-state index in [0.717, 1.165) is 0 Å². The summed E-state index contributed by atoms with van der Waals surface area (Å²) >= 11 is 0. The molecule has 8 heteroatoms. The van der Waals surface area contributed by atoms with Gasteiger partial charge in [-0.15, -0.1) is 0 Å². The van der Waals surface area contributed by atoms with Crippen molar-refractivity contribution in [1.82, 2.24) is 15.1 Å². The summed E-state index contributed by atoms with van der Waals surface area (Å²) in [6.07, 6.45) is 2.64. The van der Waals surface area contributed by atoms with E-state index in [0.29, 0.717) is 31.7 Å². The normalized spacial score (nSPS) is 15.0. The number of furan rings is 1. The number of amides is 3. The Hall–Kier alpha value is -2.51. The summed E-state index contributed by atoms with van der Waals surface area (Å²) < 4.78 is 10.2. The summed E-state index contributed by atoms with van der Waals surface area (Å²) in [5.74, 6) is -0.312. The van der Waals surface area contributed by atoms with E-state index in [1.54, 1.807) is 15.9 Å². The monoisotopic (exact) mass is 351 g/mol. The van der Waals surface area contributed by atoms with Gasteiger partial charge >= 0.3 is 6.09 Å². The second kappa shape index (κ2) is 8.04. The molecule has 0 saturated carbocycles. The van der Waals surface area contributed by atoms with Gasteiger partial charge in [0.1, 0.15) is 11.9 Å². The van der Waals surface area contributed by atoms with Gasteiger partial charge in [0, 0.05) is 39.1 Å². The highest BCUT2D eigenvalue weighted by atomic mass is 16.6. The van der Waals surface area contributed by atoms with Gasteiger partial charge in [0.15, 0.2) is 0 Å². The van der Waals surface area contributed by atoms with E-state index in [2.05, 4.69) is 5.32 Å². The predicted molar refractivity (Wildman–Crippen MR) is 90.0 cm³/mol. The minimum absolute atomic E-state index is 0.0451. The molecule has 1 aromatic rings. The van der Waals surface area contributed by atoms with Crippen molar-refractivity contribution in [3.8, 4) is 0 Å². The summed E-state index contributed by atoms with van der Waals surface area (Å²) in [5, 5.41) is 2.68. The van der Waals surface area contributed by atoms with Crippen molar-refractivity contribution in [3.63, 3.8) is 0 Å². The molecular weight excluding hydrogens is 326 g/mol. The molecule has 138 valence electrons. The number of carbonyl (C=O) groups is 3. The third-order valence-electron chi connectivity index (χ3n) is 3.69. The minimum Gasteiger partial charge on any atom is -0.472 e. The van der Waals surface area contributed by atoms with E-state index in [-0.39, 0.29) is 30.9 Å². The van der Waals surface area contributed by atoms with Gasteiger partial charge in [-0.25, -0.2) is 4.79 Å². The second-order valence-corrected chi connectivity index (χ2v) is 6.87. The summed E-state index contributed by atoms with van der Waals surface area (Å²) in [6.45, 7) is 7.55. The molecule has 3 amide bonds. The van der Waals surface area contributed by atoms with Crippen molar-refractivity contribution in [2.45, 2.75) is 32.8 Å². The van der Waals surface area contributed by atoms with Gasteiger partial charge in [0.25, 0.3) is 5.91 Å². The highest BCUT2D eigenvalue weighted by molar-refractivity contribution is 5.94. The van der Waals surface area contributed by atoms with Gasteiger partial charge in [0.05, 0.1) is 11.8 Å². The van der Waals surface area contributed by atoms with Gasteiger partial charge < -0.3 is 24.3 Å². The molecule has 0 unspecified atom stereocenters. The van der Waals surface area contributed by atoms with Crippen molar-refractivity contribution in [2.75, 3.05) is 32.7 Å². The fraction of sp³-hybridized carbons (Fsp3) is 0.588. The molecule has 0 aliphatic carbocycles.